The summed E-state index contributed by atoms with van der Waals surface area (Å²) in [5.41, 5.74) is 1.23. The van der Waals surface area contributed by atoms with Crippen molar-refractivity contribution in [3.8, 4) is 0 Å². The third kappa shape index (κ3) is 3.28. The van der Waals surface area contributed by atoms with E-state index in [1.807, 2.05) is 18.2 Å². The highest BCUT2D eigenvalue weighted by molar-refractivity contribution is 5.72. The van der Waals surface area contributed by atoms with E-state index in [4.69, 9.17) is 9.47 Å². The molecule has 3 nitrogen and oxygen atoms in total. The molecule has 0 bridgehead atoms. The van der Waals surface area contributed by atoms with Gasteiger partial charge in [-0.05, 0) is 31.2 Å². The lowest BCUT2D eigenvalue weighted by atomic mass is 9.98. The van der Waals surface area contributed by atoms with Crippen LogP contribution in [0.4, 0.5) is 0 Å². The van der Waals surface area contributed by atoms with E-state index in [1.165, 1.54) is 5.56 Å². The number of rotatable bonds is 4. The van der Waals surface area contributed by atoms with Crippen LogP contribution < -0.4 is 0 Å². The zero-order chi connectivity index (χ0) is 13.8. The van der Waals surface area contributed by atoms with Gasteiger partial charge in [-0.25, -0.2) is 0 Å². The Morgan fingerprint density at radius 2 is 2.00 bits per heavy atom. The van der Waals surface area contributed by atoms with Crippen molar-refractivity contribution in [1.29, 1.82) is 0 Å². The molecular weight excluding hydrogens is 252 g/mol. The van der Waals surface area contributed by atoms with Crippen molar-refractivity contribution in [2.75, 3.05) is 0 Å². The number of fused-ring (bicyclic) bond motifs is 1. The Morgan fingerprint density at radius 1 is 1.15 bits per heavy atom. The lowest BCUT2D eigenvalue weighted by Crippen LogP contribution is -2.35. The Hall–Kier alpha value is -1.61. The van der Waals surface area contributed by atoms with E-state index in [2.05, 4.69) is 24.3 Å². The Morgan fingerprint density at radius 3 is 2.85 bits per heavy atom. The lowest BCUT2D eigenvalue weighted by Gasteiger charge is -2.30. The summed E-state index contributed by atoms with van der Waals surface area (Å²) in [7, 11) is 0. The zero-order valence-electron chi connectivity index (χ0n) is 11.5. The maximum Gasteiger partial charge on any atom is 0.308 e. The predicted octanol–water partition coefficient (Wildman–Crippen LogP) is 3.34. The van der Waals surface area contributed by atoms with E-state index in [9.17, 15) is 4.79 Å². The number of allylic oxidation sites excluding steroid dienone is 1. The molecule has 3 heteroatoms. The van der Waals surface area contributed by atoms with Crippen molar-refractivity contribution < 1.29 is 14.3 Å². The molecular formula is C17H20O3. The summed E-state index contributed by atoms with van der Waals surface area (Å²) in [5.74, 6) is -0.107. The fraction of sp³-hybridized carbons (Fsp3) is 0.471. The molecule has 1 aromatic carbocycles. The second kappa shape index (κ2) is 6.23. The van der Waals surface area contributed by atoms with E-state index in [0.29, 0.717) is 6.42 Å². The van der Waals surface area contributed by atoms with Crippen molar-refractivity contribution in [3.63, 3.8) is 0 Å². The van der Waals surface area contributed by atoms with Gasteiger partial charge in [-0.2, -0.15) is 0 Å². The van der Waals surface area contributed by atoms with Gasteiger partial charge in [0.25, 0.3) is 0 Å². The fourth-order valence-corrected chi connectivity index (χ4v) is 2.91. The molecule has 0 radical (unpaired) electrons. The Labute approximate surface area is 119 Å². The van der Waals surface area contributed by atoms with Crippen LogP contribution >= 0.6 is 0 Å². The molecule has 0 aliphatic carbocycles. The molecule has 2 aliphatic heterocycles. The molecule has 2 saturated heterocycles. The highest BCUT2D eigenvalue weighted by Gasteiger charge is 2.40. The summed E-state index contributed by atoms with van der Waals surface area (Å²) in [6.07, 6.45) is 9.02. The fourth-order valence-electron chi connectivity index (χ4n) is 2.91. The Balaban J connectivity index is 1.43. The largest absolute Gasteiger partial charge is 0.460 e. The van der Waals surface area contributed by atoms with Crippen LogP contribution in [-0.2, 0) is 14.3 Å². The van der Waals surface area contributed by atoms with Crippen molar-refractivity contribution in [2.24, 2.45) is 0 Å². The molecule has 0 N–H and O–H groups in total. The molecule has 2 aliphatic rings. The summed E-state index contributed by atoms with van der Waals surface area (Å²) in [4.78, 5) is 11.2. The summed E-state index contributed by atoms with van der Waals surface area (Å²) in [5, 5.41) is 0. The zero-order valence-corrected chi connectivity index (χ0v) is 11.5. The van der Waals surface area contributed by atoms with Gasteiger partial charge < -0.3 is 9.47 Å². The maximum atomic E-state index is 11.2. The highest BCUT2D eigenvalue weighted by atomic mass is 16.6. The number of hydrogen-bond acceptors (Lipinski definition) is 3. The van der Waals surface area contributed by atoms with Crippen molar-refractivity contribution in [2.45, 2.75) is 50.4 Å². The van der Waals surface area contributed by atoms with Crippen LogP contribution in [0.5, 0.6) is 0 Å². The molecule has 0 unspecified atom stereocenters. The van der Waals surface area contributed by atoms with Gasteiger partial charge in [0.2, 0.25) is 0 Å². The Bertz CT molecular complexity index is 480. The first-order chi connectivity index (χ1) is 9.81. The van der Waals surface area contributed by atoms with Crippen LogP contribution in [0.1, 0.15) is 37.7 Å². The van der Waals surface area contributed by atoms with Gasteiger partial charge in [0.05, 0.1) is 12.5 Å². The van der Waals surface area contributed by atoms with Gasteiger partial charge in [-0.3, -0.25) is 4.79 Å². The number of benzene rings is 1. The molecule has 2 heterocycles. The first-order valence-corrected chi connectivity index (χ1v) is 7.38. The highest BCUT2D eigenvalue weighted by Crippen LogP contribution is 2.31. The third-order valence-corrected chi connectivity index (χ3v) is 3.97. The second-order valence-corrected chi connectivity index (χ2v) is 5.50. The predicted molar refractivity (Wildman–Crippen MR) is 77.1 cm³/mol. The summed E-state index contributed by atoms with van der Waals surface area (Å²) in [6, 6.07) is 10.3. The van der Waals surface area contributed by atoms with Gasteiger partial charge in [0.15, 0.2) is 0 Å². The molecule has 106 valence electrons. The average molecular weight is 272 g/mol. The van der Waals surface area contributed by atoms with Gasteiger partial charge in [0, 0.05) is 0 Å². The molecule has 2 fully saturated rings. The number of carbonyl (C=O) groups is 1. The number of esters is 1. The van der Waals surface area contributed by atoms with Crippen LogP contribution in [0.25, 0.3) is 6.08 Å². The van der Waals surface area contributed by atoms with Crippen molar-refractivity contribution in [3.05, 3.63) is 42.0 Å². The molecule has 1 aromatic rings. The summed E-state index contributed by atoms with van der Waals surface area (Å²) < 4.78 is 11.2. The van der Waals surface area contributed by atoms with Gasteiger partial charge in [0.1, 0.15) is 12.2 Å². The van der Waals surface area contributed by atoms with Crippen molar-refractivity contribution >= 4 is 12.0 Å². The molecule has 3 atom stereocenters. The van der Waals surface area contributed by atoms with Crippen LogP contribution in [0.2, 0.25) is 0 Å². The van der Waals surface area contributed by atoms with Gasteiger partial charge in [-0.15, -0.1) is 0 Å². The second-order valence-electron chi connectivity index (χ2n) is 5.50. The topological polar surface area (TPSA) is 35.5 Å². The number of ether oxygens (including phenoxy) is 2. The minimum absolute atomic E-state index is 0.000599. The molecule has 0 amide bonds. The Kier molecular flexibility index (Phi) is 4.16. The van der Waals surface area contributed by atoms with Crippen LogP contribution in [-0.4, -0.2) is 24.3 Å². The van der Waals surface area contributed by atoms with Crippen LogP contribution in [0.15, 0.2) is 36.4 Å². The quantitative estimate of drug-likeness (QED) is 0.789. The summed E-state index contributed by atoms with van der Waals surface area (Å²) in [6.45, 7) is 0. The maximum absolute atomic E-state index is 11.2. The minimum Gasteiger partial charge on any atom is -0.460 e. The van der Waals surface area contributed by atoms with E-state index in [0.717, 1.165) is 25.7 Å². The number of carbonyl (C=O) groups excluding carboxylic acids is 1. The lowest BCUT2D eigenvalue weighted by molar-refractivity contribution is -0.145. The van der Waals surface area contributed by atoms with Gasteiger partial charge >= 0.3 is 5.97 Å². The average Bonchev–Trinajstić information content (AvgIpc) is 2.84. The molecule has 3 rings (SSSR count). The van der Waals surface area contributed by atoms with Crippen molar-refractivity contribution in [1.82, 2.24) is 0 Å². The van der Waals surface area contributed by atoms with Crippen LogP contribution in [0, 0.1) is 0 Å². The first-order valence-electron chi connectivity index (χ1n) is 7.38. The molecule has 20 heavy (non-hydrogen) atoms. The van der Waals surface area contributed by atoms with E-state index < -0.39 is 0 Å². The summed E-state index contributed by atoms with van der Waals surface area (Å²) >= 11 is 0. The van der Waals surface area contributed by atoms with E-state index in [1.54, 1.807) is 0 Å². The first kappa shape index (κ1) is 13.4. The standard InChI is InChI=1S/C17H20O3/c18-17-12-16-15(20-17)11-10-14(19-16)9-5-4-8-13-6-2-1-3-7-13/h1-4,6-8,14-16H,5,9-12H2/b8-4+/t14-,15-,16-/m0/s1. The SMILES string of the molecule is O=C1C[C@@H]2O[C@@H](CC/C=C/c3ccccc3)CC[C@@H]2O1. The molecule has 0 spiro atoms. The third-order valence-electron chi connectivity index (χ3n) is 3.97. The van der Waals surface area contributed by atoms with Crippen LogP contribution in [0.3, 0.4) is 0 Å². The van der Waals surface area contributed by atoms with E-state index >= 15 is 0 Å². The van der Waals surface area contributed by atoms with Gasteiger partial charge in [-0.1, -0.05) is 42.5 Å². The normalized spacial score (nSPS) is 29.4. The monoisotopic (exact) mass is 272 g/mol. The minimum atomic E-state index is -0.107. The molecule has 0 aromatic heterocycles. The smallest absolute Gasteiger partial charge is 0.308 e. The van der Waals surface area contributed by atoms with E-state index in [-0.39, 0.29) is 24.3 Å². The number of hydrogen-bond donors (Lipinski definition) is 0. The molecule has 0 saturated carbocycles.